The van der Waals surface area contributed by atoms with Gasteiger partial charge in [0, 0.05) is 23.3 Å². The van der Waals surface area contributed by atoms with E-state index >= 15 is 0 Å². The van der Waals surface area contributed by atoms with E-state index in [9.17, 15) is 10.4 Å². The minimum atomic E-state index is -0.299. The van der Waals surface area contributed by atoms with Gasteiger partial charge in [0.25, 0.3) is 0 Å². The lowest BCUT2D eigenvalue weighted by Gasteiger charge is -2.25. The summed E-state index contributed by atoms with van der Waals surface area (Å²) >= 11 is 0. The van der Waals surface area contributed by atoms with Crippen molar-refractivity contribution in [2.75, 3.05) is 0 Å². The smallest absolute Gasteiger partial charge is 0.205 e. The molecule has 1 aliphatic heterocycles. The minimum Gasteiger partial charge on any atom is -0.508 e. The van der Waals surface area contributed by atoms with Gasteiger partial charge in [-0.15, -0.1) is 0 Å². The number of hydrogen-bond donors (Lipinski definition) is 2. The Kier molecular flexibility index (Phi) is 2.99. The summed E-state index contributed by atoms with van der Waals surface area (Å²) in [7, 11) is 1.92. The molecule has 3 rings (SSSR count). The second-order valence-electron chi connectivity index (χ2n) is 4.95. The van der Waals surface area contributed by atoms with Gasteiger partial charge in [-0.3, -0.25) is 0 Å². The number of phenols is 1. The lowest BCUT2D eigenvalue weighted by molar-refractivity contribution is -0.671. The number of aryl methyl sites for hydroxylation is 1. The van der Waals surface area contributed by atoms with Crippen molar-refractivity contribution in [1.29, 1.82) is 5.26 Å². The molecule has 3 N–H and O–H groups in total. The molecule has 0 spiro atoms. The van der Waals surface area contributed by atoms with E-state index in [1.807, 2.05) is 36.1 Å². The summed E-state index contributed by atoms with van der Waals surface area (Å²) in [5, 5.41) is 19.0. The number of nitriles is 1. The fraction of sp³-hybridized carbons (Fsp3) is 0.125. The SMILES string of the molecule is C[n+]1cccc(C2C(C#N)=C(N)Oc3cc(O)ccc32)c1. The van der Waals surface area contributed by atoms with E-state index in [-0.39, 0.29) is 17.6 Å². The zero-order valence-electron chi connectivity index (χ0n) is 11.4. The topological polar surface area (TPSA) is 83.2 Å². The Morgan fingerprint density at radius 3 is 2.90 bits per heavy atom. The predicted molar refractivity (Wildman–Crippen MR) is 75.0 cm³/mol. The molecule has 2 heterocycles. The van der Waals surface area contributed by atoms with Gasteiger partial charge >= 0.3 is 0 Å². The average molecular weight is 280 g/mol. The van der Waals surface area contributed by atoms with Crippen LogP contribution in [0.1, 0.15) is 17.0 Å². The number of hydrogen-bond acceptors (Lipinski definition) is 4. The monoisotopic (exact) mass is 280 g/mol. The standard InChI is InChI=1S/C16H13N3O2/c1-19-6-2-3-10(9-19)15-12-5-4-11(20)7-14(12)21-16(18)13(15)8-17/h2-7,9,15H,18H2,1H3/p+1. The first-order valence-corrected chi connectivity index (χ1v) is 6.46. The summed E-state index contributed by atoms with van der Waals surface area (Å²) in [6.45, 7) is 0. The summed E-state index contributed by atoms with van der Waals surface area (Å²) in [5.41, 5.74) is 7.99. The van der Waals surface area contributed by atoms with Crippen molar-refractivity contribution in [3.05, 3.63) is 65.3 Å². The molecule has 1 aromatic carbocycles. The number of nitrogens with two attached hydrogens (primary N) is 1. The van der Waals surface area contributed by atoms with Gasteiger partial charge in [0.15, 0.2) is 12.4 Å². The van der Waals surface area contributed by atoms with Crippen LogP contribution in [-0.2, 0) is 7.05 Å². The van der Waals surface area contributed by atoms with Crippen molar-refractivity contribution >= 4 is 0 Å². The van der Waals surface area contributed by atoms with Crippen LogP contribution in [0.4, 0.5) is 0 Å². The first kappa shape index (κ1) is 13.0. The van der Waals surface area contributed by atoms with Gasteiger partial charge in [-0.05, 0) is 12.1 Å². The number of pyridine rings is 1. The third-order valence-corrected chi connectivity index (χ3v) is 3.50. The highest BCUT2D eigenvalue weighted by atomic mass is 16.5. The number of rotatable bonds is 1. The molecule has 0 saturated carbocycles. The van der Waals surface area contributed by atoms with Gasteiger partial charge in [-0.1, -0.05) is 6.07 Å². The molecule has 2 aromatic rings. The van der Waals surface area contributed by atoms with E-state index in [1.165, 1.54) is 6.07 Å². The average Bonchev–Trinajstić information content (AvgIpc) is 2.45. The lowest BCUT2D eigenvalue weighted by Crippen LogP contribution is -2.29. The molecule has 1 aliphatic rings. The van der Waals surface area contributed by atoms with E-state index in [0.29, 0.717) is 11.3 Å². The summed E-state index contributed by atoms with van der Waals surface area (Å²) in [5.74, 6) is 0.348. The van der Waals surface area contributed by atoms with Gasteiger partial charge in [-0.2, -0.15) is 5.26 Å². The van der Waals surface area contributed by atoms with E-state index in [2.05, 4.69) is 6.07 Å². The van der Waals surface area contributed by atoms with Crippen LogP contribution >= 0.6 is 0 Å². The Balaban J connectivity index is 2.24. The maximum Gasteiger partial charge on any atom is 0.205 e. The molecular weight excluding hydrogens is 266 g/mol. The quantitative estimate of drug-likeness (QED) is 0.774. The molecule has 104 valence electrons. The number of ether oxygens (including phenoxy) is 1. The number of nitrogens with zero attached hydrogens (tertiary/aromatic N) is 2. The largest absolute Gasteiger partial charge is 0.508 e. The number of benzene rings is 1. The molecule has 1 atom stereocenters. The highest BCUT2D eigenvalue weighted by molar-refractivity contribution is 5.56. The van der Waals surface area contributed by atoms with Crippen molar-refractivity contribution in [2.45, 2.75) is 5.92 Å². The number of phenolic OH excluding ortho intramolecular Hbond substituents is 1. The van der Waals surface area contributed by atoms with Gasteiger partial charge in [0.1, 0.15) is 30.2 Å². The molecule has 0 bridgehead atoms. The van der Waals surface area contributed by atoms with Crippen molar-refractivity contribution in [3.63, 3.8) is 0 Å². The van der Waals surface area contributed by atoms with Crippen molar-refractivity contribution in [3.8, 4) is 17.6 Å². The van der Waals surface area contributed by atoms with Gasteiger partial charge < -0.3 is 15.6 Å². The Bertz CT molecular complexity index is 790. The van der Waals surface area contributed by atoms with E-state index in [4.69, 9.17) is 10.5 Å². The molecule has 0 radical (unpaired) electrons. The molecule has 21 heavy (non-hydrogen) atoms. The van der Waals surface area contributed by atoms with Crippen LogP contribution in [0.2, 0.25) is 0 Å². The molecule has 0 fully saturated rings. The molecule has 0 saturated heterocycles. The Hall–Kier alpha value is -3.00. The predicted octanol–water partition coefficient (Wildman–Crippen LogP) is 1.43. The highest BCUT2D eigenvalue weighted by Crippen LogP contribution is 2.42. The fourth-order valence-corrected chi connectivity index (χ4v) is 2.57. The number of allylic oxidation sites excluding steroid dienone is 1. The first-order chi connectivity index (χ1) is 10.1. The molecule has 0 amide bonds. The summed E-state index contributed by atoms with van der Waals surface area (Å²) in [6, 6.07) is 10.8. The van der Waals surface area contributed by atoms with Gasteiger partial charge in [0.05, 0.1) is 5.92 Å². The molecule has 0 aliphatic carbocycles. The summed E-state index contributed by atoms with van der Waals surface area (Å²) < 4.78 is 7.38. The van der Waals surface area contributed by atoms with Gasteiger partial charge in [0.2, 0.25) is 5.88 Å². The summed E-state index contributed by atoms with van der Waals surface area (Å²) in [4.78, 5) is 0. The third kappa shape index (κ3) is 2.17. The van der Waals surface area contributed by atoms with Crippen LogP contribution in [0.15, 0.2) is 54.2 Å². The highest BCUT2D eigenvalue weighted by Gasteiger charge is 2.31. The maximum atomic E-state index is 9.59. The minimum absolute atomic E-state index is 0.0760. The lowest BCUT2D eigenvalue weighted by atomic mass is 9.84. The summed E-state index contributed by atoms with van der Waals surface area (Å²) in [6.07, 6.45) is 3.86. The molecule has 1 aromatic heterocycles. The van der Waals surface area contributed by atoms with Crippen LogP contribution < -0.4 is 15.0 Å². The molecule has 5 heteroatoms. The van der Waals surface area contributed by atoms with Crippen LogP contribution in [0, 0.1) is 11.3 Å². The van der Waals surface area contributed by atoms with Gasteiger partial charge in [-0.25, -0.2) is 4.57 Å². The van der Waals surface area contributed by atoms with E-state index in [0.717, 1.165) is 11.1 Å². The first-order valence-electron chi connectivity index (χ1n) is 6.46. The van der Waals surface area contributed by atoms with Crippen LogP contribution in [-0.4, -0.2) is 5.11 Å². The van der Waals surface area contributed by atoms with Crippen molar-refractivity contribution in [2.24, 2.45) is 12.8 Å². The second-order valence-corrected chi connectivity index (χ2v) is 4.95. The van der Waals surface area contributed by atoms with Crippen LogP contribution in [0.25, 0.3) is 0 Å². The number of aromatic nitrogens is 1. The van der Waals surface area contributed by atoms with Crippen LogP contribution in [0.3, 0.4) is 0 Å². The normalized spacial score (nSPS) is 16.9. The van der Waals surface area contributed by atoms with E-state index < -0.39 is 0 Å². The number of fused-ring (bicyclic) bond motifs is 1. The third-order valence-electron chi connectivity index (χ3n) is 3.50. The van der Waals surface area contributed by atoms with E-state index in [1.54, 1.807) is 12.1 Å². The molecule has 1 unspecified atom stereocenters. The Labute approximate surface area is 122 Å². The maximum absolute atomic E-state index is 9.59. The Morgan fingerprint density at radius 1 is 1.38 bits per heavy atom. The molecule has 5 nitrogen and oxygen atoms in total. The molecular formula is C16H14N3O2+. The number of aromatic hydroxyl groups is 1. The van der Waals surface area contributed by atoms with Crippen molar-refractivity contribution in [1.82, 2.24) is 0 Å². The fourth-order valence-electron chi connectivity index (χ4n) is 2.57. The van der Waals surface area contributed by atoms with Crippen molar-refractivity contribution < 1.29 is 14.4 Å². The second kappa shape index (κ2) is 4.84. The Morgan fingerprint density at radius 2 is 2.19 bits per heavy atom. The zero-order valence-corrected chi connectivity index (χ0v) is 11.4. The van der Waals surface area contributed by atoms with Crippen LogP contribution in [0.5, 0.6) is 11.5 Å². The zero-order chi connectivity index (χ0) is 15.0.